The summed E-state index contributed by atoms with van der Waals surface area (Å²) in [6.45, 7) is 8.93. The van der Waals surface area contributed by atoms with Gasteiger partial charge in [-0.2, -0.15) is 5.10 Å². The molecule has 26 heavy (non-hydrogen) atoms. The minimum absolute atomic E-state index is 0.132. The van der Waals surface area contributed by atoms with Gasteiger partial charge in [0.15, 0.2) is 5.69 Å². The average Bonchev–Trinajstić information content (AvgIpc) is 2.67. The van der Waals surface area contributed by atoms with Gasteiger partial charge in [-0.3, -0.25) is 14.4 Å². The van der Waals surface area contributed by atoms with Crippen LogP contribution in [0.25, 0.3) is 10.8 Å². The van der Waals surface area contributed by atoms with Crippen LogP contribution in [0.1, 0.15) is 24.3 Å². The van der Waals surface area contributed by atoms with E-state index in [-0.39, 0.29) is 29.1 Å². The van der Waals surface area contributed by atoms with E-state index in [2.05, 4.69) is 11.7 Å². The number of amides is 2. The zero-order chi connectivity index (χ0) is 18.8. The molecule has 0 radical (unpaired) electrons. The Morgan fingerprint density at radius 3 is 2.58 bits per heavy atom. The van der Waals surface area contributed by atoms with Crippen molar-refractivity contribution < 1.29 is 9.59 Å². The van der Waals surface area contributed by atoms with E-state index < -0.39 is 0 Å². The third-order valence-corrected chi connectivity index (χ3v) is 4.74. The van der Waals surface area contributed by atoms with E-state index >= 15 is 0 Å². The minimum Gasteiger partial charge on any atom is -0.335 e. The van der Waals surface area contributed by atoms with E-state index in [4.69, 9.17) is 0 Å². The highest BCUT2D eigenvalue weighted by Gasteiger charge is 2.31. The van der Waals surface area contributed by atoms with Gasteiger partial charge in [0.25, 0.3) is 11.5 Å². The van der Waals surface area contributed by atoms with Crippen LogP contribution < -0.4 is 5.56 Å². The number of carbonyl (C=O) groups excluding carboxylic acids is 2. The number of piperazine rings is 1. The minimum atomic E-state index is -0.221. The number of benzene rings is 1. The van der Waals surface area contributed by atoms with E-state index in [9.17, 15) is 14.4 Å². The SMILES string of the molecule is C=CC(=O)N1CCN(C(=O)c2nn(CC)c(=O)c3ccccc23)[C@@H](C)C1. The maximum absolute atomic E-state index is 13.2. The molecule has 1 fully saturated rings. The van der Waals surface area contributed by atoms with Gasteiger partial charge in [-0.25, -0.2) is 4.68 Å². The van der Waals surface area contributed by atoms with Gasteiger partial charge in [0.1, 0.15) is 0 Å². The van der Waals surface area contributed by atoms with Gasteiger partial charge in [0.05, 0.1) is 5.39 Å². The van der Waals surface area contributed by atoms with Crippen LogP contribution in [0.5, 0.6) is 0 Å². The first-order valence-corrected chi connectivity index (χ1v) is 8.70. The second kappa shape index (κ2) is 7.11. The molecule has 7 nitrogen and oxygen atoms in total. The quantitative estimate of drug-likeness (QED) is 0.778. The van der Waals surface area contributed by atoms with Crippen molar-refractivity contribution in [3.05, 3.63) is 53.0 Å². The van der Waals surface area contributed by atoms with Gasteiger partial charge in [-0.1, -0.05) is 24.8 Å². The van der Waals surface area contributed by atoms with Crippen LogP contribution in [-0.2, 0) is 11.3 Å². The summed E-state index contributed by atoms with van der Waals surface area (Å²) >= 11 is 0. The van der Waals surface area contributed by atoms with Crippen molar-refractivity contribution in [2.24, 2.45) is 0 Å². The molecule has 1 aliphatic heterocycles. The molecule has 2 aromatic rings. The molecule has 1 aliphatic rings. The monoisotopic (exact) mass is 354 g/mol. The highest BCUT2D eigenvalue weighted by atomic mass is 16.2. The zero-order valence-electron chi connectivity index (χ0n) is 15.0. The Kier molecular flexibility index (Phi) is 4.88. The van der Waals surface area contributed by atoms with E-state index in [0.717, 1.165) is 0 Å². The molecule has 0 N–H and O–H groups in total. The molecule has 0 aliphatic carbocycles. The summed E-state index contributed by atoms with van der Waals surface area (Å²) in [6, 6.07) is 6.88. The average molecular weight is 354 g/mol. The smallest absolute Gasteiger partial charge is 0.275 e. The molecule has 0 bridgehead atoms. The zero-order valence-corrected chi connectivity index (χ0v) is 15.0. The third-order valence-electron chi connectivity index (χ3n) is 4.74. The molecule has 0 saturated carbocycles. The first kappa shape index (κ1) is 17.8. The van der Waals surface area contributed by atoms with Crippen LogP contribution in [0.3, 0.4) is 0 Å². The summed E-state index contributed by atoms with van der Waals surface area (Å²) < 4.78 is 1.32. The number of aryl methyl sites for hydroxylation is 1. The molecule has 1 aromatic heterocycles. The van der Waals surface area contributed by atoms with Crippen molar-refractivity contribution >= 4 is 22.6 Å². The highest BCUT2D eigenvalue weighted by Crippen LogP contribution is 2.19. The third kappa shape index (κ3) is 3.00. The molecular weight excluding hydrogens is 332 g/mol. The first-order chi connectivity index (χ1) is 12.5. The largest absolute Gasteiger partial charge is 0.335 e. The van der Waals surface area contributed by atoms with Crippen LogP contribution in [0.15, 0.2) is 41.7 Å². The Morgan fingerprint density at radius 1 is 1.27 bits per heavy atom. The lowest BCUT2D eigenvalue weighted by Crippen LogP contribution is -2.55. The maximum Gasteiger partial charge on any atom is 0.275 e. The van der Waals surface area contributed by atoms with Crippen molar-refractivity contribution in [1.29, 1.82) is 0 Å². The number of carbonyl (C=O) groups is 2. The molecule has 0 unspecified atom stereocenters. The fraction of sp³-hybridized carbons (Fsp3) is 0.368. The molecule has 0 spiro atoms. The van der Waals surface area contributed by atoms with Gasteiger partial charge in [0, 0.05) is 37.6 Å². The molecule has 2 amide bonds. The summed E-state index contributed by atoms with van der Waals surface area (Å²) in [7, 11) is 0. The number of hydrogen-bond acceptors (Lipinski definition) is 4. The van der Waals surface area contributed by atoms with E-state index in [1.165, 1.54) is 10.8 Å². The molecule has 3 rings (SSSR count). The van der Waals surface area contributed by atoms with Crippen molar-refractivity contribution in [2.75, 3.05) is 19.6 Å². The lowest BCUT2D eigenvalue weighted by atomic mass is 10.1. The predicted octanol–water partition coefficient (Wildman–Crippen LogP) is 1.28. The Hall–Kier alpha value is -2.96. The maximum atomic E-state index is 13.2. The van der Waals surface area contributed by atoms with Crippen molar-refractivity contribution in [2.45, 2.75) is 26.4 Å². The van der Waals surface area contributed by atoms with Gasteiger partial charge in [0.2, 0.25) is 5.91 Å². The predicted molar refractivity (Wildman–Crippen MR) is 99.0 cm³/mol. The first-order valence-electron chi connectivity index (χ1n) is 8.70. The Bertz CT molecular complexity index is 934. The second-order valence-corrected chi connectivity index (χ2v) is 6.35. The number of nitrogens with zero attached hydrogens (tertiary/aromatic N) is 4. The van der Waals surface area contributed by atoms with Crippen LogP contribution in [0.2, 0.25) is 0 Å². The number of hydrogen-bond donors (Lipinski definition) is 0. The number of aromatic nitrogens is 2. The Labute approximate surface area is 151 Å². The van der Waals surface area contributed by atoms with Crippen LogP contribution in [-0.4, -0.2) is 57.1 Å². The summed E-state index contributed by atoms with van der Waals surface area (Å²) in [4.78, 5) is 40.8. The highest BCUT2D eigenvalue weighted by molar-refractivity contribution is 6.05. The molecular formula is C19H22N4O3. The fourth-order valence-corrected chi connectivity index (χ4v) is 3.33. The number of fused-ring (bicyclic) bond motifs is 1. The Morgan fingerprint density at radius 2 is 1.96 bits per heavy atom. The standard InChI is InChI=1S/C19H22N4O3/c1-4-16(24)21-10-11-22(13(3)12-21)19(26)17-14-8-6-7-9-15(14)18(25)23(5-2)20-17/h4,6-9,13H,1,5,10-12H2,2-3H3/t13-/m0/s1. The molecule has 136 valence electrons. The van der Waals surface area contributed by atoms with E-state index in [1.54, 1.807) is 34.1 Å². The number of rotatable bonds is 3. The molecule has 2 heterocycles. The van der Waals surface area contributed by atoms with Gasteiger partial charge >= 0.3 is 0 Å². The Balaban J connectivity index is 1.98. The summed E-state index contributed by atoms with van der Waals surface area (Å²) in [5, 5.41) is 5.36. The van der Waals surface area contributed by atoms with E-state index in [1.807, 2.05) is 13.8 Å². The summed E-state index contributed by atoms with van der Waals surface area (Å²) in [6.07, 6.45) is 1.29. The van der Waals surface area contributed by atoms with Gasteiger partial charge in [-0.15, -0.1) is 0 Å². The van der Waals surface area contributed by atoms with Gasteiger partial charge < -0.3 is 9.80 Å². The summed E-state index contributed by atoms with van der Waals surface area (Å²) in [5.41, 5.74) is 0.0755. The molecule has 1 aromatic carbocycles. The van der Waals surface area contributed by atoms with Crippen molar-refractivity contribution in [3.63, 3.8) is 0 Å². The molecule has 1 atom stereocenters. The summed E-state index contributed by atoms with van der Waals surface area (Å²) in [5.74, 6) is -0.353. The lowest BCUT2D eigenvalue weighted by molar-refractivity contribution is -0.128. The normalized spacial score (nSPS) is 17.4. The van der Waals surface area contributed by atoms with Crippen LogP contribution >= 0.6 is 0 Å². The topological polar surface area (TPSA) is 75.5 Å². The van der Waals surface area contributed by atoms with Crippen molar-refractivity contribution in [1.82, 2.24) is 19.6 Å². The molecule has 1 saturated heterocycles. The molecule has 7 heteroatoms. The van der Waals surface area contributed by atoms with Crippen LogP contribution in [0.4, 0.5) is 0 Å². The lowest BCUT2D eigenvalue weighted by Gasteiger charge is -2.39. The second-order valence-electron chi connectivity index (χ2n) is 6.35. The van der Waals surface area contributed by atoms with Crippen LogP contribution in [0, 0.1) is 0 Å². The van der Waals surface area contributed by atoms with Gasteiger partial charge in [-0.05, 0) is 26.0 Å². The van der Waals surface area contributed by atoms with Crippen molar-refractivity contribution in [3.8, 4) is 0 Å². The van der Waals surface area contributed by atoms with E-state index in [0.29, 0.717) is 37.0 Å². The fourth-order valence-electron chi connectivity index (χ4n) is 3.33.